The molecule has 1 heterocycles. The predicted molar refractivity (Wildman–Crippen MR) is 44.2 cm³/mol. The van der Waals surface area contributed by atoms with Gasteiger partial charge < -0.3 is 14.7 Å². The lowest BCUT2D eigenvalue weighted by Gasteiger charge is -2.15. The van der Waals surface area contributed by atoms with Crippen molar-refractivity contribution in [3.8, 4) is 0 Å². The fraction of sp³-hybridized carbons (Fsp3) is 0.750. The Labute approximate surface area is 76.3 Å². The molecule has 1 saturated heterocycles. The number of carboxylic acids is 1. The van der Waals surface area contributed by atoms with Gasteiger partial charge in [-0.25, -0.2) is 4.79 Å². The summed E-state index contributed by atoms with van der Waals surface area (Å²) in [6, 6.07) is 0. The number of amides is 1. The van der Waals surface area contributed by atoms with Gasteiger partial charge in [0.25, 0.3) is 5.91 Å². The summed E-state index contributed by atoms with van der Waals surface area (Å²) in [6.07, 6.45) is -0.474. The lowest BCUT2D eigenvalue weighted by atomic mass is 10.2. The monoisotopic (exact) mass is 187 g/mol. The summed E-state index contributed by atoms with van der Waals surface area (Å²) < 4.78 is 5.06. The van der Waals surface area contributed by atoms with Crippen molar-refractivity contribution in [3.63, 3.8) is 0 Å². The Balaban J connectivity index is 2.50. The van der Waals surface area contributed by atoms with Crippen LogP contribution in [0.4, 0.5) is 0 Å². The van der Waals surface area contributed by atoms with Crippen LogP contribution in [0.25, 0.3) is 0 Å². The first-order valence-electron chi connectivity index (χ1n) is 4.12. The maximum absolute atomic E-state index is 11.3. The smallest absolute Gasteiger partial charge is 0.332 e. The van der Waals surface area contributed by atoms with Gasteiger partial charge in [0.05, 0.1) is 0 Å². The van der Waals surface area contributed by atoms with Crippen molar-refractivity contribution in [2.24, 2.45) is 0 Å². The molecular weight excluding hydrogens is 174 g/mol. The molecule has 0 aromatic rings. The maximum Gasteiger partial charge on any atom is 0.332 e. The number of carbonyl (C=O) groups is 2. The number of carbonyl (C=O) groups excluding carboxylic acids is 1. The Morgan fingerprint density at radius 2 is 1.85 bits per heavy atom. The Bertz CT molecular complexity index is 226. The minimum Gasteiger partial charge on any atom is -0.479 e. The highest BCUT2D eigenvalue weighted by Crippen LogP contribution is 2.20. The predicted octanol–water partition coefficient (Wildman–Crippen LogP) is -0.293. The third-order valence-electron chi connectivity index (χ3n) is 2.01. The van der Waals surface area contributed by atoms with Crippen LogP contribution in [0.15, 0.2) is 0 Å². The molecule has 2 atom stereocenters. The van der Waals surface area contributed by atoms with E-state index < -0.39 is 18.2 Å². The Hall–Kier alpha value is -1.10. The van der Waals surface area contributed by atoms with Gasteiger partial charge in [-0.15, -0.1) is 0 Å². The minimum atomic E-state index is -0.992. The van der Waals surface area contributed by atoms with Crippen molar-refractivity contribution in [2.75, 3.05) is 14.1 Å². The SMILES string of the molecule is CN(C)C(=O)C1CCC(C(=O)O)O1. The average molecular weight is 187 g/mol. The van der Waals surface area contributed by atoms with Crippen molar-refractivity contribution in [2.45, 2.75) is 25.0 Å². The van der Waals surface area contributed by atoms with Crippen molar-refractivity contribution >= 4 is 11.9 Å². The van der Waals surface area contributed by atoms with Crippen LogP contribution in [0, 0.1) is 0 Å². The van der Waals surface area contributed by atoms with Gasteiger partial charge in [-0.3, -0.25) is 4.79 Å². The number of carboxylic acid groups (broad SMARTS) is 1. The summed E-state index contributed by atoms with van der Waals surface area (Å²) >= 11 is 0. The van der Waals surface area contributed by atoms with Crippen LogP contribution in [0.2, 0.25) is 0 Å². The molecule has 0 bridgehead atoms. The first-order valence-corrected chi connectivity index (χ1v) is 4.12. The molecule has 1 fully saturated rings. The number of hydrogen-bond donors (Lipinski definition) is 1. The van der Waals surface area contributed by atoms with Gasteiger partial charge in [0.15, 0.2) is 6.10 Å². The summed E-state index contributed by atoms with van der Waals surface area (Å²) in [4.78, 5) is 23.2. The molecule has 5 nitrogen and oxygen atoms in total. The number of hydrogen-bond acceptors (Lipinski definition) is 3. The van der Waals surface area contributed by atoms with E-state index in [0.29, 0.717) is 12.8 Å². The topological polar surface area (TPSA) is 66.8 Å². The number of aliphatic carboxylic acids is 1. The summed E-state index contributed by atoms with van der Waals surface area (Å²) in [5.41, 5.74) is 0. The molecule has 0 spiro atoms. The van der Waals surface area contributed by atoms with Gasteiger partial charge >= 0.3 is 5.97 Å². The molecule has 0 saturated carbocycles. The molecule has 0 radical (unpaired) electrons. The highest BCUT2D eigenvalue weighted by atomic mass is 16.5. The second kappa shape index (κ2) is 3.74. The summed E-state index contributed by atoms with van der Waals surface area (Å²) in [6.45, 7) is 0. The highest BCUT2D eigenvalue weighted by molar-refractivity contribution is 5.82. The fourth-order valence-electron chi connectivity index (χ4n) is 1.29. The molecule has 1 aliphatic heterocycles. The molecule has 13 heavy (non-hydrogen) atoms. The van der Waals surface area contributed by atoms with E-state index in [1.807, 2.05) is 0 Å². The third kappa shape index (κ3) is 2.18. The van der Waals surface area contributed by atoms with Crippen molar-refractivity contribution in [1.82, 2.24) is 4.90 Å². The first kappa shape index (κ1) is 9.98. The molecule has 5 heteroatoms. The number of rotatable bonds is 2. The largest absolute Gasteiger partial charge is 0.479 e. The van der Waals surface area contributed by atoms with Crippen molar-refractivity contribution < 1.29 is 19.4 Å². The van der Waals surface area contributed by atoms with Gasteiger partial charge in [0.1, 0.15) is 6.10 Å². The third-order valence-corrected chi connectivity index (χ3v) is 2.01. The quantitative estimate of drug-likeness (QED) is 0.645. The van der Waals surface area contributed by atoms with Crippen LogP contribution < -0.4 is 0 Å². The van der Waals surface area contributed by atoms with Crippen LogP contribution in [-0.4, -0.2) is 48.2 Å². The van der Waals surface area contributed by atoms with Crippen LogP contribution in [0.5, 0.6) is 0 Å². The zero-order valence-electron chi connectivity index (χ0n) is 7.69. The molecule has 2 unspecified atom stereocenters. The Morgan fingerprint density at radius 1 is 1.31 bits per heavy atom. The molecule has 1 amide bonds. The van der Waals surface area contributed by atoms with Crippen molar-refractivity contribution in [1.29, 1.82) is 0 Å². The molecule has 0 aromatic heterocycles. The van der Waals surface area contributed by atoms with E-state index in [9.17, 15) is 9.59 Å². The van der Waals surface area contributed by atoms with Crippen LogP contribution in [-0.2, 0) is 14.3 Å². The van der Waals surface area contributed by atoms with Gasteiger partial charge in [-0.1, -0.05) is 0 Å². The Morgan fingerprint density at radius 3 is 2.23 bits per heavy atom. The van der Waals surface area contributed by atoms with Crippen LogP contribution >= 0.6 is 0 Å². The summed E-state index contributed by atoms with van der Waals surface area (Å²) in [5, 5.41) is 8.60. The minimum absolute atomic E-state index is 0.163. The van der Waals surface area contributed by atoms with E-state index in [-0.39, 0.29) is 5.91 Å². The normalized spacial score (nSPS) is 27.2. The van der Waals surface area contributed by atoms with Gasteiger partial charge in [0.2, 0.25) is 0 Å². The van der Waals surface area contributed by atoms with Gasteiger partial charge in [-0.05, 0) is 12.8 Å². The van der Waals surface area contributed by atoms with E-state index in [2.05, 4.69) is 0 Å². The lowest BCUT2D eigenvalue weighted by molar-refractivity contribution is -0.153. The number of likely N-dealkylation sites (N-methyl/N-ethyl adjacent to an activating group) is 1. The zero-order valence-corrected chi connectivity index (χ0v) is 7.69. The molecule has 74 valence electrons. The Kier molecular flexibility index (Phi) is 2.87. The number of ether oxygens (including phenoxy) is 1. The van der Waals surface area contributed by atoms with E-state index in [0.717, 1.165) is 0 Å². The molecule has 0 aliphatic carbocycles. The van der Waals surface area contributed by atoms with Crippen LogP contribution in [0.1, 0.15) is 12.8 Å². The number of nitrogens with zero attached hydrogens (tertiary/aromatic N) is 1. The van der Waals surface area contributed by atoms with Gasteiger partial charge in [-0.2, -0.15) is 0 Å². The molecular formula is C8H13NO4. The first-order chi connectivity index (χ1) is 6.02. The maximum atomic E-state index is 11.3. The highest BCUT2D eigenvalue weighted by Gasteiger charge is 2.35. The summed E-state index contributed by atoms with van der Waals surface area (Å²) in [7, 11) is 3.25. The lowest BCUT2D eigenvalue weighted by Crippen LogP contribution is -2.34. The standard InChI is InChI=1S/C8H13NO4/c1-9(2)7(10)5-3-4-6(13-5)8(11)12/h5-6H,3-4H2,1-2H3,(H,11,12). The van der Waals surface area contributed by atoms with E-state index in [1.165, 1.54) is 4.90 Å². The second-order valence-electron chi connectivity index (χ2n) is 3.26. The summed E-state index contributed by atoms with van der Waals surface area (Å²) in [5.74, 6) is -1.15. The van der Waals surface area contributed by atoms with Crippen molar-refractivity contribution in [3.05, 3.63) is 0 Å². The molecule has 1 aliphatic rings. The average Bonchev–Trinajstić information content (AvgIpc) is 2.50. The zero-order chi connectivity index (χ0) is 10.0. The fourth-order valence-corrected chi connectivity index (χ4v) is 1.29. The van der Waals surface area contributed by atoms with Gasteiger partial charge in [0, 0.05) is 14.1 Å². The molecule has 0 aromatic carbocycles. The molecule has 1 rings (SSSR count). The van der Waals surface area contributed by atoms with E-state index in [4.69, 9.17) is 9.84 Å². The second-order valence-corrected chi connectivity index (χ2v) is 3.26. The molecule has 1 N–H and O–H groups in total. The van der Waals surface area contributed by atoms with E-state index >= 15 is 0 Å². The van der Waals surface area contributed by atoms with Crippen LogP contribution in [0.3, 0.4) is 0 Å². The van der Waals surface area contributed by atoms with E-state index in [1.54, 1.807) is 14.1 Å².